The van der Waals surface area contributed by atoms with Crippen LogP contribution in [0.15, 0.2) is 35.1 Å². The second-order valence-corrected chi connectivity index (χ2v) is 9.18. The van der Waals surface area contributed by atoms with Crippen LogP contribution in [0.25, 0.3) is 16.6 Å². The van der Waals surface area contributed by atoms with E-state index in [1.807, 2.05) is 26.8 Å². The lowest BCUT2D eigenvalue weighted by Crippen LogP contribution is -2.36. The van der Waals surface area contributed by atoms with Crippen LogP contribution in [0.3, 0.4) is 0 Å². The number of carbonyl (C=O) groups excluding carboxylic acids is 2. The van der Waals surface area contributed by atoms with Gasteiger partial charge in [0.1, 0.15) is 11.2 Å². The SMILES string of the molecule is CCc1cc2c(c(OC(C)CC)c(C(=O)NCCN3CCCC3=O)n2C)c(=O)n1-c1ccc(F)cc1. The number of nitrogens with zero attached hydrogens (tertiary/aromatic N) is 3. The Balaban J connectivity index is 1.81. The van der Waals surface area contributed by atoms with Crippen LogP contribution in [0, 0.1) is 5.82 Å². The summed E-state index contributed by atoms with van der Waals surface area (Å²) in [6.07, 6.45) is 2.40. The van der Waals surface area contributed by atoms with Gasteiger partial charge in [0.25, 0.3) is 11.5 Å². The standard InChI is InChI=1S/C27H33FN4O4/c1-5-17(3)36-25-23-21(16-19(6-2)32(27(23)35)20-11-9-18(28)10-12-20)30(4)24(25)26(34)29-13-15-31-14-7-8-22(31)33/h9-12,16-17H,5-8,13-15H2,1-4H3,(H,29,34). The summed E-state index contributed by atoms with van der Waals surface area (Å²) in [5, 5.41) is 3.20. The van der Waals surface area contributed by atoms with Crippen molar-refractivity contribution in [3.63, 3.8) is 0 Å². The number of fused-ring (bicyclic) bond motifs is 1. The minimum atomic E-state index is -0.388. The third kappa shape index (κ3) is 4.74. The van der Waals surface area contributed by atoms with E-state index in [-0.39, 0.29) is 40.7 Å². The highest BCUT2D eigenvalue weighted by molar-refractivity contribution is 6.04. The Morgan fingerprint density at radius 2 is 1.92 bits per heavy atom. The number of hydrogen-bond donors (Lipinski definition) is 1. The fourth-order valence-corrected chi connectivity index (χ4v) is 4.63. The van der Waals surface area contributed by atoms with E-state index in [4.69, 9.17) is 4.74 Å². The highest BCUT2D eigenvalue weighted by atomic mass is 19.1. The monoisotopic (exact) mass is 496 g/mol. The molecule has 3 aromatic rings. The average molecular weight is 497 g/mol. The summed E-state index contributed by atoms with van der Waals surface area (Å²) >= 11 is 0. The number of carbonyl (C=O) groups is 2. The number of hydrogen-bond acceptors (Lipinski definition) is 4. The zero-order chi connectivity index (χ0) is 26.0. The normalized spacial score (nSPS) is 14.5. The van der Waals surface area contributed by atoms with Crippen LogP contribution >= 0.6 is 0 Å². The summed E-state index contributed by atoms with van der Waals surface area (Å²) in [5.74, 6) is -0.423. The number of aromatic nitrogens is 2. The molecule has 3 heterocycles. The van der Waals surface area contributed by atoms with Crippen LogP contribution in [0.4, 0.5) is 4.39 Å². The van der Waals surface area contributed by atoms with Crippen molar-refractivity contribution in [1.29, 1.82) is 0 Å². The Kier molecular flexibility index (Phi) is 7.47. The van der Waals surface area contributed by atoms with Gasteiger partial charge in [0.05, 0.1) is 11.6 Å². The molecule has 1 aliphatic heterocycles. The number of aryl methyl sites for hydroxylation is 2. The van der Waals surface area contributed by atoms with Crippen LogP contribution in [0.5, 0.6) is 5.75 Å². The van der Waals surface area contributed by atoms with Gasteiger partial charge in [-0.2, -0.15) is 0 Å². The zero-order valence-electron chi connectivity index (χ0n) is 21.3. The molecular weight excluding hydrogens is 463 g/mol. The van der Waals surface area contributed by atoms with Gasteiger partial charge in [0.15, 0.2) is 11.4 Å². The molecule has 1 N–H and O–H groups in total. The van der Waals surface area contributed by atoms with Gasteiger partial charge in [-0.1, -0.05) is 13.8 Å². The highest BCUT2D eigenvalue weighted by Gasteiger charge is 2.28. The average Bonchev–Trinajstić information content (AvgIpc) is 3.39. The van der Waals surface area contributed by atoms with E-state index < -0.39 is 0 Å². The lowest BCUT2D eigenvalue weighted by atomic mass is 10.2. The van der Waals surface area contributed by atoms with Crippen molar-refractivity contribution in [2.24, 2.45) is 7.05 Å². The van der Waals surface area contributed by atoms with Crippen molar-refractivity contribution in [2.75, 3.05) is 19.6 Å². The van der Waals surface area contributed by atoms with E-state index in [1.165, 1.54) is 12.1 Å². The Bertz CT molecular complexity index is 1340. The highest BCUT2D eigenvalue weighted by Crippen LogP contribution is 2.33. The van der Waals surface area contributed by atoms with Crippen molar-refractivity contribution < 1.29 is 18.7 Å². The summed E-state index contributed by atoms with van der Waals surface area (Å²) in [7, 11) is 1.74. The van der Waals surface area contributed by atoms with Gasteiger partial charge in [-0.15, -0.1) is 0 Å². The first-order valence-corrected chi connectivity index (χ1v) is 12.5. The van der Waals surface area contributed by atoms with Crippen LogP contribution in [0.2, 0.25) is 0 Å². The van der Waals surface area contributed by atoms with E-state index in [2.05, 4.69) is 5.32 Å². The molecule has 1 atom stereocenters. The molecule has 0 radical (unpaired) electrons. The molecule has 1 unspecified atom stereocenters. The van der Waals surface area contributed by atoms with E-state index in [0.29, 0.717) is 55.5 Å². The summed E-state index contributed by atoms with van der Waals surface area (Å²) in [6.45, 7) is 7.23. The smallest absolute Gasteiger partial charge is 0.271 e. The van der Waals surface area contributed by atoms with E-state index in [9.17, 15) is 18.8 Å². The molecule has 0 saturated carbocycles. The number of halogens is 1. The number of nitrogens with one attached hydrogen (secondary N) is 1. The Morgan fingerprint density at radius 1 is 1.19 bits per heavy atom. The quantitative estimate of drug-likeness (QED) is 0.491. The molecule has 0 aliphatic carbocycles. The molecule has 8 nitrogen and oxygen atoms in total. The van der Waals surface area contributed by atoms with E-state index in [1.54, 1.807) is 33.2 Å². The van der Waals surface area contributed by atoms with E-state index >= 15 is 0 Å². The first-order valence-electron chi connectivity index (χ1n) is 12.5. The molecular formula is C27H33FN4O4. The van der Waals surface area contributed by atoms with Crippen LogP contribution in [0.1, 0.15) is 56.2 Å². The topological polar surface area (TPSA) is 85.6 Å². The molecule has 1 fully saturated rings. The molecule has 1 aromatic carbocycles. The second-order valence-electron chi connectivity index (χ2n) is 9.18. The summed E-state index contributed by atoms with van der Waals surface area (Å²) in [4.78, 5) is 40.9. The molecule has 0 spiro atoms. The number of pyridine rings is 1. The van der Waals surface area contributed by atoms with Gasteiger partial charge in [0.2, 0.25) is 5.91 Å². The van der Waals surface area contributed by atoms with Crippen molar-refractivity contribution >= 4 is 22.7 Å². The molecule has 4 rings (SSSR count). The van der Waals surface area contributed by atoms with Crippen molar-refractivity contribution in [3.05, 3.63) is 57.9 Å². The maximum absolute atomic E-state index is 13.9. The molecule has 9 heteroatoms. The number of likely N-dealkylation sites (tertiary alicyclic amines) is 1. The lowest BCUT2D eigenvalue weighted by Gasteiger charge is -2.17. The summed E-state index contributed by atoms with van der Waals surface area (Å²) in [5.41, 5.74) is 1.79. The van der Waals surface area contributed by atoms with Gasteiger partial charge >= 0.3 is 0 Å². The minimum Gasteiger partial charge on any atom is -0.487 e. The Morgan fingerprint density at radius 3 is 2.53 bits per heavy atom. The van der Waals surface area contributed by atoms with Crippen molar-refractivity contribution in [3.8, 4) is 11.4 Å². The van der Waals surface area contributed by atoms with Crippen LogP contribution in [-0.2, 0) is 18.3 Å². The van der Waals surface area contributed by atoms with Gasteiger partial charge in [0, 0.05) is 44.5 Å². The lowest BCUT2D eigenvalue weighted by molar-refractivity contribution is -0.127. The predicted octanol–water partition coefficient (Wildman–Crippen LogP) is 3.56. The fraction of sp³-hybridized carbons (Fsp3) is 0.444. The first-order chi connectivity index (χ1) is 17.3. The third-order valence-electron chi connectivity index (χ3n) is 6.80. The minimum absolute atomic E-state index is 0.100. The molecule has 36 heavy (non-hydrogen) atoms. The molecule has 2 aromatic heterocycles. The number of ether oxygens (including phenoxy) is 1. The molecule has 1 saturated heterocycles. The van der Waals surface area contributed by atoms with Gasteiger partial charge < -0.3 is 19.5 Å². The predicted molar refractivity (Wildman–Crippen MR) is 136 cm³/mol. The number of amides is 2. The van der Waals surface area contributed by atoms with Crippen LogP contribution in [-0.4, -0.2) is 51.6 Å². The van der Waals surface area contributed by atoms with Crippen molar-refractivity contribution in [2.45, 2.75) is 52.6 Å². The van der Waals surface area contributed by atoms with Gasteiger partial charge in [-0.3, -0.25) is 19.0 Å². The molecule has 2 amide bonds. The largest absolute Gasteiger partial charge is 0.487 e. The van der Waals surface area contributed by atoms with E-state index in [0.717, 1.165) is 12.1 Å². The van der Waals surface area contributed by atoms with Gasteiger partial charge in [-0.25, -0.2) is 4.39 Å². The zero-order valence-corrected chi connectivity index (χ0v) is 21.3. The Labute approximate surface area is 209 Å². The van der Waals surface area contributed by atoms with Crippen molar-refractivity contribution in [1.82, 2.24) is 19.4 Å². The molecule has 0 bridgehead atoms. The maximum Gasteiger partial charge on any atom is 0.271 e. The van der Waals surface area contributed by atoms with Crippen LogP contribution < -0.4 is 15.6 Å². The second kappa shape index (κ2) is 10.6. The van der Waals surface area contributed by atoms with Gasteiger partial charge in [-0.05, 0) is 56.5 Å². The Hall–Kier alpha value is -3.62. The number of rotatable bonds is 9. The fourth-order valence-electron chi connectivity index (χ4n) is 4.63. The summed E-state index contributed by atoms with van der Waals surface area (Å²) < 4.78 is 23.0. The number of benzene rings is 1. The third-order valence-corrected chi connectivity index (χ3v) is 6.80. The summed E-state index contributed by atoms with van der Waals surface area (Å²) in [6, 6.07) is 7.64. The molecule has 1 aliphatic rings. The molecule has 192 valence electrons. The first kappa shape index (κ1) is 25.5. The maximum atomic E-state index is 13.9.